The lowest BCUT2D eigenvalue weighted by Gasteiger charge is -2.37. The fourth-order valence-corrected chi connectivity index (χ4v) is 2.91. The molecule has 0 radical (unpaired) electrons. The van der Waals surface area contributed by atoms with Crippen LogP contribution >= 0.6 is 0 Å². The number of benzene rings is 1. The number of amides is 1. The Bertz CT molecular complexity index is 701. The molecule has 1 amide bonds. The molecule has 142 valence electrons. The van der Waals surface area contributed by atoms with Crippen LogP contribution in [0.1, 0.15) is 48.4 Å². The molecule has 1 saturated heterocycles. The van der Waals surface area contributed by atoms with E-state index < -0.39 is 5.60 Å². The minimum absolute atomic E-state index is 0.217. The Hall–Kier alpha value is -2.57. The summed E-state index contributed by atoms with van der Waals surface area (Å²) in [4.78, 5) is 39.1. The molecule has 2 rings (SSSR count). The smallest absolute Gasteiger partial charge is 0.410 e. The van der Waals surface area contributed by atoms with Crippen LogP contribution in [0.25, 0.3) is 0 Å². The van der Waals surface area contributed by atoms with E-state index in [0.29, 0.717) is 49.3 Å². The number of aldehydes is 1. The first-order valence-corrected chi connectivity index (χ1v) is 8.57. The van der Waals surface area contributed by atoms with Crippen molar-refractivity contribution in [3.8, 4) is 5.75 Å². The molecule has 0 bridgehead atoms. The first kappa shape index (κ1) is 19.8. The van der Waals surface area contributed by atoms with Crippen LogP contribution in [0, 0.1) is 0 Å². The number of anilines is 1. The molecule has 1 aliphatic heterocycles. The highest BCUT2D eigenvalue weighted by Gasteiger charge is 2.27. The highest BCUT2D eigenvalue weighted by atomic mass is 16.6. The number of piperazine rings is 1. The lowest BCUT2D eigenvalue weighted by molar-refractivity contribution is 0.0240. The molecular weight excluding hydrogens is 336 g/mol. The minimum Gasteiger partial charge on any atom is -0.496 e. The third-order valence-electron chi connectivity index (χ3n) is 4.11. The molecular formula is C19H26N2O5. The Morgan fingerprint density at radius 1 is 1.12 bits per heavy atom. The number of hydrogen-bond acceptors (Lipinski definition) is 6. The number of methoxy groups -OCH3 is 1. The lowest BCUT2D eigenvalue weighted by atomic mass is 10.0. The van der Waals surface area contributed by atoms with Gasteiger partial charge in [0.2, 0.25) is 0 Å². The van der Waals surface area contributed by atoms with E-state index in [9.17, 15) is 14.4 Å². The van der Waals surface area contributed by atoms with Crippen molar-refractivity contribution in [1.82, 2.24) is 4.90 Å². The predicted molar refractivity (Wildman–Crippen MR) is 98.4 cm³/mol. The molecule has 1 aliphatic rings. The fourth-order valence-electron chi connectivity index (χ4n) is 2.91. The SMILES string of the molecule is COc1cc(N2CCN(C(=O)OC(C)(C)C)CC2)cc(C=O)c1C(C)=O. The summed E-state index contributed by atoms with van der Waals surface area (Å²) < 4.78 is 10.7. The van der Waals surface area contributed by atoms with E-state index in [4.69, 9.17) is 9.47 Å². The second-order valence-corrected chi connectivity index (χ2v) is 7.24. The molecule has 1 aromatic rings. The number of Topliss-reactive ketones (excluding diaryl/α,β-unsaturated/α-hetero) is 1. The van der Waals surface area contributed by atoms with E-state index >= 15 is 0 Å². The highest BCUT2D eigenvalue weighted by Crippen LogP contribution is 2.30. The van der Waals surface area contributed by atoms with E-state index in [0.717, 1.165) is 5.69 Å². The van der Waals surface area contributed by atoms with Crippen molar-refractivity contribution in [2.75, 3.05) is 38.2 Å². The topological polar surface area (TPSA) is 76.2 Å². The van der Waals surface area contributed by atoms with Gasteiger partial charge in [-0.2, -0.15) is 0 Å². The van der Waals surface area contributed by atoms with Gasteiger partial charge in [-0.3, -0.25) is 9.59 Å². The van der Waals surface area contributed by atoms with Gasteiger partial charge in [0, 0.05) is 43.5 Å². The number of carbonyl (C=O) groups is 3. The van der Waals surface area contributed by atoms with Gasteiger partial charge in [0.15, 0.2) is 12.1 Å². The molecule has 0 unspecified atom stereocenters. The minimum atomic E-state index is -0.525. The Kier molecular flexibility index (Phi) is 5.90. The maximum Gasteiger partial charge on any atom is 0.410 e. The Morgan fingerprint density at radius 2 is 1.73 bits per heavy atom. The zero-order valence-electron chi connectivity index (χ0n) is 16.0. The molecule has 1 heterocycles. The molecule has 0 spiro atoms. The number of hydrogen-bond donors (Lipinski definition) is 0. The van der Waals surface area contributed by atoms with Gasteiger partial charge < -0.3 is 19.3 Å². The molecule has 0 atom stereocenters. The summed E-state index contributed by atoms with van der Waals surface area (Å²) in [6.45, 7) is 9.15. The van der Waals surface area contributed by atoms with Gasteiger partial charge in [0.1, 0.15) is 11.4 Å². The first-order valence-electron chi connectivity index (χ1n) is 8.57. The van der Waals surface area contributed by atoms with Crippen LogP contribution in [0.5, 0.6) is 5.75 Å². The number of carbonyl (C=O) groups excluding carboxylic acids is 3. The molecule has 1 fully saturated rings. The standard InChI is InChI=1S/C19H26N2O5/c1-13(23)17-14(12-22)10-15(11-16(17)25-5)20-6-8-21(9-7-20)18(24)26-19(2,3)4/h10-12H,6-9H2,1-5H3. The maximum absolute atomic E-state index is 12.2. The van der Waals surface area contributed by atoms with Gasteiger partial charge >= 0.3 is 6.09 Å². The van der Waals surface area contributed by atoms with Gasteiger partial charge in [-0.25, -0.2) is 4.79 Å². The summed E-state index contributed by atoms with van der Waals surface area (Å²) in [7, 11) is 1.47. The predicted octanol–water partition coefficient (Wildman–Crippen LogP) is 2.77. The van der Waals surface area contributed by atoms with Crippen LogP contribution in [0.2, 0.25) is 0 Å². The van der Waals surface area contributed by atoms with E-state index in [2.05, 4.69) is 4.90 Å². The molecule has 7 nitrogen and oxygen atoms in total. The number of ketones is 1. The summed E-state index contributed by atoms with van der Waals surface area (Å²) in [5.41, 5.74) is 0.862. The van der Waals surface area contributed by atoms with Gasteiger partial charge in [0.05, 0.1) is 12.7 Å². The van der Waals surface area contributed by atoms with E-state index in [1.165, 1.54) is 14.0 Å². The second-order valence-electron chi connectivity index (χ2n) is 7.24. The largest absolute Gasteiger partial charge is 0.496 e. The molecule has 1 aromatic carbocycles. The second kappa shape index (κ2) is 7.76. The van der Waals surface area contributed by atoms with Crippen molar-refractivity contribution >= 4 is 23.9 Å². The number of ether oxygens (including phenoxy) is 2. The third-order valence-corrected chi connectivity index (χ3v) is 4.11. The summed E-state index contributed by atoms with van der Waals surface area (Å²) in [5, 5.41) is 0. The van der Waals surface area contributed by atoms with Crippen LogP contribution in [-0.2, 0) is 4.74 Å². The first-order chi connectivity index (χ1) is 12.2. The van der Waals surface area contributed by atoms with Crippen LogP contribution in [0.3, 0.4) is 0 Å². The van der Waals surface area contributed by atoms with Gasteiger partial charge in [0.25, 0.3) is 0 Å². The van der Waals surface area contributed by atoms with Gasteiger partial charge in [-0.15, -0.1) is 0 Å². The zero-order valence-corrected chi connectivity index (χ0v) is 16.0. The van der Waals surface area contributed by atoms with Crippen molar-refractivity contribution in [2.24, 2.45) is 0 Å². The number of rotatable bonds is 4. The highest BCUT2D eigenvalue weighted by molar-refractivity contribution is 6.04. The Morgan fingerprint density at radius 3 is 2.19 bits per heavy atom. The van der Waals surface area contributed by atoms with Crippen LogP contribution in [-0.4, -0.2) is 62.0 Å². The monoisotopic (exact) mass is 362 g/mol. The van der Waals surface area contributed by atoms with Gasteiger partial charge in [-0.05, 0) is 33.8 Å². The molecule has 26 heavy (non-hydrogen) atoms. The zero-order chi connectivity index (χ0) is 19.5. The number of nitrogens with zero attached hydrogens (tertiary/aromatic N) is 2. The van der Waals surface area contributed by atoms with E-state index in [-0.39, 0.29) is 11.9 Å². The van der Waals surface area contributed by atoms with Crippen LogP contribution in [0.4, 0.5) is 10.5 Å². The van der Waals surface area contributed by atoms with E-state index in [1.54, 1.807) is 17.0 Å². The van der Waals surface area contributed by atoms with Crippen molar-refractivity contribution in [3.63, 3.8) is 0 Å². The summed E-state index contributed by atoms with van der Waals surface area (Å²) >= 11 is 0. The Labute approximate surface area is 153 Å². The molecule has 0 N–H and O–H groups in total. The van der Waals surface area contributed by atoms with Crippen molar-refractivity contribution in [2.45, 2.75) is 33.3 Å². The molecule has 0 aliphatic carbocycles. The average Bonchev–Trinajstić information content (AvgIpc) is 2.58. The molecule has 0 saturated carbocycles. The average molecular weight is 362 g/mol. The van der Waals surface area contributed by atoms with Crippen molar-refractivity contribution in [1.29, 1.82) is 0 Å². The Balaban J connectivity index is 2.15. The quantitative estimate of drug-likeness (QED) is 0.605. The normalized spacial score (nSPS) is 14.8. The van der Waals surface area contributed by atoms with E-state index in [1.807, 2.05) is 20.8 Å². The van der Waals surface area contributed by atoms with Crippen molar-refractivity contribution in [3.05, 3.63) is 23.3 Å². The fraction of sp³-hybridized carbons (Fsp3) is 0.526. The summed E-state index contributed by atoms with van der Waals surface area (Å²) in [5.74, 6) is 0.164. The molecule has 0 aromatic heterocycles. The third kappa shape index (κ3) is 4.53. The lowest BCUT2D eigenvalue weighted by Crippen LogP contribution is -2.50. The maximum atomic E-state index is 12.2. The summed E-state index contributed by atoms with van der Waals surface area (Å²) in [6, 6.07) is 3.45. The van der Waals surface area contributed by atoms with Crippen LogP contribution in [0.15, 0.2) is 12.1 Å². The van der Waals surface area contributed by atoms with Gasteiger partial charge in [-0.1, -0.05) is 0 Å². The van der Waals surface area contributed by atoms with Crippen molar-refractivity contribution < 1.29 is 23.9 Å². The van der Waals surface area contributed by atoms with Crippen LogP contribution < -0.4 is 9.64 Å². The summed E-state index contributed by atoms with van der Waals surface area (Å²) in [6.07, 6.45) is 0.343. The molecule has 7 heteroatoms.